The Morgan fingerprint density at radius 3 is 2.44 bits per heavy atom. The highest BCUT2D eigenvalue weighted by molar-refractivity contribution is 9.10. The SMILES string of the molecule is Cc1cc(OCC(=O)Nc2ccc([N+](=O)[O-])cc2Br)ccc1[N+](=O)[O-]. The zero-order valence-corrected chi connectivity index (χ0v) is 14.5. The number of rotatable bonds is 6. The molecular weight excluding hydrogens is 398 g/mol. The second kappa shape index (κ2) is 7.71. The number of hydrogen-bond acceptors (Lipinski definition) is 6. The lowest BCUT2D eigenvalue weighted by Gasteiger charge is -2.09. The van der Waals surface area contributed by atoms with Crippen molar-refractivity contribution in [2.45, 2.75) is 6.92 Å². The van der Waals surface area contributed by atoms with Crippen LogP contribution in [0.3, 0.4) is 0 Å². The number of carbonyl (C=O) groups is 1. The molecule has 0 saturated carbocycles. The highest BCUT2D eigenvalue weighted by Gasteiger charge is 2.13. The third-order valence-corrected chi connectivity index (χ3v) is 3.83. The minimum Gasteiger partial charge on any atom is -0.484 e. The second-order valence-electron chi connectivity index (χ2n) is 4.96. The Morgan fingerprint density at radius 2 is 1.88 bits per heavy atom. The van der Waals surface area contributed by atoms with Crippen LogP contribution in [0, 0.1) is 27.2 Å². The molecule has 130 valence electrons. The fourth-order valence-corrected chi connectivity index (χ4v) is 2.44. The fourth-order valence-electron chi connectivity index (χ4n) is 1.98. The number of amides is 1. The van der Waals surface area contributed by atoms with Crippen LogP contribution in [0.1, 0.15) is 5.56 Å². The van der Waals surface area contributed by atoms with Crippen LogP contribution in [0.25, 0.3) is 0 Å². The van der Waals surface area contributed by atoms with Crippen LogP contribution in [0.4, 0.5) is 17.1 Å². The largest absolute Gasteiger partial charge is 0.484 e. The molecule has 10 heteroatoms. The molecule has 0 atom stereocenters. The number of nitro benzene ring substituents is 2. The Kier molecular flexibility index (Phi) is 5.65. The molecule has 0 bridgehead atoms. The van der Waals surface area contributed by atoms with Gasteiger partial charge in [-0.2, -0.15) is 0 Å². The summed E-state index contributed by atoms with van der Waals surface area (Å²) in [5.74, 6) is -0.161. The van der Waals surface area contributed by atoms with Gasteiger partial charge in [-0.05, 0) is 41.1 Å². The van der Waals surface area contributed by atoms with Crippen LogP contribution in [-0.4, -0.2) is 22.4 Å². The second-order valence-corrected chi connectivity index (χ2v) is 5.82. The van der Waals surface area contributed by atoms with Crippen molar-refractivity contribution in [3.05, 3.63) is 66.7 Å². The van der Waals surface area contributed by atoms with Gasteiger partial charge in [0.2, 0.25) is 0 Å². The molecule has 0 fully saturated rings. The maximum absolute atomic E-state index is 11.9. The summed E-state index contributed by atoms with van der Waals surface area (Å²) < 4.78 is 5.66. The molecule has 2 aromatic rings. The minimum atomic E-state index is -0.545. The van der Waals surface area contributed by atoms with Crippen molar-refractivity contribution in [1.29, 1.82) is 0 Å². The smallest absolute Gasteiger partial charge is 0.272 e. The lowest BCUT2D eigenvalue weighted by Crippen LogP contribution is -2.20. The number of nitrogens with zero attached hydrogens (tertiary/aromatic N) is 2. The molecule has 0 aliphatic heterocycles. The van der Waals surface area contributed by atoms with Crippen molar-refractivity contribution in [3.63, 3.8) is 0 Å². The molecule has 0 radical (unpaired) electrons. The third-order valence-electron chi connectivity index (χ3n) is 3.17. The van der Waals surface area contributed by atoms with E-state index in [1.165, 1.54) is 36.4 Å². The Hall–Kier alpha value is -3.01. The predicted octanol–water partition coefficient (Wildman–Crippen LogP) is 3.59. The summed E-state index contributed by atoms with van der Waals surface area (Å²) in [6.45, 7) is 1.25. The number of anilines is 1. The van der Waals surface area contributed by atoms with Gasteiger partial charge in [0.05, 0.1) is 15.5 Å². The zero-order valence-electron chi connectivity index (χ0n) is 12.9. The molecule has 0 aliphatic rings. The quantitative estimate of drug-likeness (QED) is 0.573. The molecule has 1 N–H and O–H groups in total. The molecule has 0 aromatic heterocycles. The van der Waals surface area contributed by atoms with Gasteiger partial charge in [-0.3, -0.25) is 25.0 Å². The van der Waals surface area contributed by atoms with Gasteiger partial charge in [0.15, 0.2) is 6.61 Å². The van der Waals surface area contributed by atoms with Crippen molar-refractivity contribution in [2.24, 2.45) is 0 Å². The Bertz CT molecular complexity index is 855. The first-order valence-corrected chi connectivity index (χ1v) is 7.69. The summed E-state index contributed by atoms with van der Waals surface area (Å²) in [7, 11) is 0. The van der Waals surface area contributed by atoms with E-state index in [-0.39, 0.29) is 18.0 Å². The van der Waals surface area contributed by atoms with E-state index in [0.717, 1.165) is 0 Å². The highest BCUT2D eigenvalue weighted by Crippen LogP contribution is 2.27. The Morgan fingerprint density at radius 1 is 1.16 bits per heavy atom. The standard InChI is InChI=1S/C15H12BrN3O6/c1-9-6-11(3-5-14(9)19(23)24)25-8-15(20)17-13-4-2-10(18(21)22)7-12(13)16/h2-7H,8H2,1H3,(H,17,20). The van der Waals surface area contributed by atoms with E-state index < -0.39 is 15.8 Å². The topological polar surface area (TPSA) is 125 Å². The maximum Gasteiger partial charge on any atom is 0.272 e. The molecule has 9 nitrogen and oxygen atoms in total. The van der Waals surface area contributed by atoms with Gasteiger partial charge in [-0.25, -0.2) is 0 Å². The molecule has 0 heterocycles. The van der Waals surface area contributed by atoms with Crippen LogP contribution in [-0.2, 0) is 4.79 Å². The van der Waals surface area contributed by atoms with Crippen LogP contribution in [0.5, 0.6) is 5.75 Å². The number of benzene rings is 2. The van der Waals surface area contributed by atoms with Crippen molar-refractivity contribution in [1.82, 2.24) is 0 Å². The van der Waals surface area contributed by atoms with Gasteiger partial charge >= 0.3 is 0 Å². The molecule has 0 spiro atoms. The molecule has 1 amide bonds. The summed E-state index contributed by atoms with van der Waals surface area (Å²) in [5, 5.41) is 24.0. The molecule has 25 heavy (non-hydrogen) atoms. The summed E-state index contributed by atoms with van der Waals surface area (Å²) >= 11 is 3.15. The number of aryl methyl sites for hydroxylation is 1. The van der Waals surface area contributed by atoms with Crippen LogP contribution >= 0.6 is 15.9 Å². The Labute approximate surface area is 150 Å². The lowest BCUT2D eigenvalue weighted by atomic mass is 10.2. The summed E-state index contributed by atoms with van der Waals surface area (Å²) in [6.07, 6.45) is 0. The monoisotopic (exact) mass is 409 g/mol. The van der Waals surface area contributed by atoms with Crippen LogP contribution in [0.2, 0.25) is 0 Å². The molecule has 0 aliphatic carbocycles. The molecular formula is C15H12BrN3O6. The van der Waals surface area contributed by atoms with Gasteiger partial charge in [0.1, 0.15) is 5.75 Å². The first kappa shape index (κ1) is 18.3. The average molecular weight is 410 g/mol. The van der Waals surface area contributed by atoms with E-state index in [9.17, 15) is 25.0 Å². The van der Waals surface area contributed by atoms with Gasteiger partial charge < -0.3 is 10.1 Å². The van der Waals surface area contributed by atoms with Gasteiger partial charge in [-0.15, -0.1) is 0 Å². The van der Waals surface area contributed by atoms with Crippen molar-refractivity contribution < 1.29 is 19.4 Å². The average Bonchev–Trinajstić information content (AvgIpc) is 2.54. The van der Waals surface area contributed by atoms with Gasteiger partial charge in [0, 0.05) is 28.2 Å². The van der Waals surface area contributed by atoms with Gasteiger partial charge in [-0.1, -0.05) is 0 Å². The maximum atomic E-state index is 11.9. The number of ether oxygens (including phenoxy) is 1. The van der Waals surface area contributed by atoms with E-state index in [2.05, 4.69) is 21.2 Å². The summed E-state index contributed by atoms with van der Waals surface area (Å²) in [6, 6.07) is 8.11. The molecule has 0 unspecified atom stereocenters. The summed E-state index contributed by atoms with van der Waals surface area (Å²) in [4.78, 5) is 32.3. The number of nitrogens with one attached hydrogen (secondary N) is 1. The third kappa shape index (κ3) is 4.73. The van der Waals surface area contributed by atoms with Crippen LogP contribution in [0.15, 0.2) is 40.9 Å². The number of carbonyl (C=O) groups excluding carboxylic acids is 1. The Balaban J connectivity index is 1.98. The number of hydrogen-bond donors (Lipinski definition) is 1. The highest BCUT2D eigenvalue weighted by atomic mass is 79.9. The van der Waals surface area contributed by atoms with Crippen LogP contribution < -0.4 is 10.1 Å². The number of halogens is 1. The van der Waals surface area contributed by atoms with E-state index in [0.29, 0.717) is 21.5 Å². The predicted molar refractivity (Wildman–Crippen MR) is 92.8 cm³/mol. The van der Waals surface area contributed by atoms with Gasteiger partial charge in [0.25, 0.3) is 17.3 Å². The first-order valence-electron chi connectivity index (χ1n) is 6.89. The summed E-state index contributed by atoms with van der Waals surface area (Å²) in [5.41, 5.74) is 0.634. The molecule has 2 aromatic carbocycles. The zero-order chi connectivity index (χ0) is 18.6. The molecule has 0 saturated heterocycles. The fraction of sp³-hybridized carbons (Fsp3) is 0.133. The van der Waals surface area contributed by atoms with E-state index in [1.54, 1.807) is 6.92 Å². The minimum absolute atomic E-state index is 0.0355. The van der Waals surface area contributed by atoms with Crippen molar-refractivity contribution in [2.75, 3.05) is 11.9 Å². The number of non-ortho nitro benzene ring substituents is 1. The van der Waals surface area contributed by atoms with E-state index >= 15 is 0 Å². The van der Waals surface area contributed by atoms with Crippen molar-refractivity contribution >= 4 is 38.9 Å². The van der Waals surface area contributed by atoms with E-state index in [4.69, 9.17) is 4.74 Å². The normalized spacial score (nSPS) is 10.2. The van der Waals surface area contributed by atoms with E-state index in [1.807, 2.05) is 0 Å². The lowest BCUT2D eigenvalue weighted by molar-refractivity contribution is -0.385. The first-order chi connectivity index (χ1) is 11.8. The number of nitro groups is 2. The molecule has 2 rings (SSSR count). The van der Waals surface area contributed by atoms with Crippen molar-refractivity contribution in [3.8, 4) is 5.75 Å².